The molecule has 1 aromatic heterocycles. The van der Waals surface area contributed by atoms with Crippen molar-refractivity contribution in [1.29, 1.82) is 0 Å². The van der Waals surface area contributed by atoms with Gasteiger partial charge in [0.05, 0.1) is 11.4 Å². The van der Waals surface area contributed by atoms with Crippen molar-refractivity contribution in [2.24, 2.45) is 5.92 Å². The fourth-order valence-electron chi connectivity index (χ4n) is 1.91. The highest BCUT2D eigenvalue weighted by Crippen LogP contribution is 2.17. The predicted octanol–water partition coefficient (Wildman–Crippen LogP) is 1.53. The molecule has 0 fully saturated rings. The minimum Gasteiger partial charge on any atom is -0.478 e. The van der Waals surface area contributed by atoms with E-state index in [1.165, 1.54) is 4.68 Å². The van der Waals surface area contributed by atoms with Gasteiger partial charge in [-0.15, -0.1) is 0 Å². The van der Waals surface area contributed by atoms with Crippen LogP contribution in [0.4, 0.5) is 0 Å². The van der Waals surface area contributed by atoms with Crippen molar-refractivity contribution < 1.29 is 14.7 Å². The lowest BCUT2D eigenvalue weighted by Crippen LogP contribution is -2.34. The third kappa shape index (κ3) is 3.33. The summed E-state index contributed by atoms with van der Waals surface area (Å²) < 4.78 is 1.47. The summed E-state index contributed by atoms with van der Waals surface area (Å²) in [5, 5.41) is 16.1. The number of nitrogens with zero attached hydrogens (tertiary/aromatic N) is 2. The average molecular weight is 267 g/mol. The Hall–Kier alpha value is -1.85. The predicted molar refractivity (Wildman–Crippen MR) is 71.2 cm³/mol. The van der Waals surface area contributed by atoms with Gasteiger partial charge >= 0.3 is 5.97 Å². The summed E-state index contributed by atoms with van der Waals surface area (Å²) in [6.45, 7) is 9.62. The lowest BCUT2D eigenvalue weighted by Gasteiger charge is -2.15. The average Bonchev–Trinajstić information content (AvgIpc) is 2.60. The number of rotatable bonds is 5. The summed E-state index contributed by atoms with van der Waals surface area (Å²) >= 11 is 0. The standard InChI is InChI=1S/C13H21N3O3/c1-7(2)6-14-12(17)10(5)16-9(4)11(13(18)19)8(3)15-16/h7,10H,6H2,1-5H3,(H,14,17)(H,18,19). The topological polar surface area (TPSA) is 84.2 Å². The van der Waals surface area contributed by atoms with Crippen LogP contribution in [0.5, 0.6) is 0 Å². The molecule has 6 nitrogen and oxygen atoms in total. The Balaban J connectivity index is 2.94. The number of carbonyl (C=O) groups excluding carboxylic acids is 1. The fraction of sp³-hybridized carbons (Fsp3) is 0.615. The van der Waals surface area contributed by atoms with Crippen LogP contribution in [0.1, 0.15) is 48.6 Å². The zero-order chi connectivity index (χ0) is 14.7. The third-order valence-corrected chi connectivity index (χ3v) is 2.97. The zero-order valence-electron chi connectivity index (χ0n) is 12.0. The summed E-state index contributed by atoms with van der Waals surface area (Å²) in [6.07, 6.45) is 0. The molecule has 0 aromatic carbocycles. The van der Waals surface area contributed by atoms with Crippen LogP contribution < -0.4 is 5.32 Å². The molecule has 1 atom stereocenters. The van der Waals surface area contributed by atoms with Gasteiger partial charge in [-0.3, -0.25) is 9.48 Å². The molecule has 6 heteroatoms. The molecule has 19 heavy (non-hydrogen) atoms. The largest absolute Gasteiger partial charge is 0.478 e. The van der Waals surface area contributed by atoms with Gasteiger partial charge in [-0.25, -0.2) is 4.79 Å². The number of amides is 1. The molecule has 1 rings (SSSR count). The highest BCUT2D eigenvalue weighted by Gasteiger charge is 2.23. The molecule has 0 aliphatic carbocycles. The number of carboxylic acid groups (broad SMARTS) is 1. The van der Waals surface area contributed by atoms with Crippen LogP contribution in [-0.2, 0) is 4.79 Å². The van der Waals surface area contributed by atoms with Crippen molar-refractivity contribution in [1.82, 2.24) is 15.1 Å². The molecule has 1 aromatic rings. The summed E-state index contributed by atoms with van der Waals surface area (Å²) in [5.41, 5.74) is 1.09. The van der Waals surface area contributed by atoms with E-state index in [9.17, 15) is 9.59 Å². The van der Waals surface area contributed by atoms with Crippen molar-refractivity contribution in [3.05, 3.63) is 17.0 Å². The zero-order valence-corrected chi connectivity index (χ0v) is 12.0. The number of aromatic nitrogens is 2. The Kier molecular flexibility index (Phi) is 4.69. The molecule has 0 saturated carbocycles. The molecule has 1 amide bonds. The summed E-state index contributed by atoms with van der Waals surface area (Å²) in [4.78, 5) is 23.1. The number of carbonyl (C=O) groups is 2. The maximum Gasteiger partial charge on any atom is 0.339 e. The third-order valence-electron chi connectivity index (χ3n) is 2.97. The molecule has 0 radical (unpaired) electrons. The maximum atomic E-state index is 12.0. The van der Waals surface area contributed by atoms with E-state index in [2.05, 4.69) is 10.4 Å². The molecule has 0 aliphatic heterocycles. The van der Waals surface area contributed by atoms with Crippen LogP contribution in [0, 0.1) is 19.8 Å². The second-order valence-corrected chi connectivity index (χ2v) is 5.11. The van der Waals surface area contributed by atoms with Crippen molar-refractivity contribution in [3.63, 3.8) is 0 Å². The van der Waals surface area contributed by atoms with Crippen molar-refractivity contribution >= 4 is 11.9 Å². The Labute approximate surface area is 112 Å². The van der Waals surface area contributed by atoms with Crippen LogP contribution in [0.3, 0.4) is 0 Å². The molecule has 1 unspecified atom stereocenters. The maximum absolute atomic E-state index is 12.0. The van der Waals surface area contributed by atoms with Gasteiger partial charge in [0.15, 0.2) is 0 Å². The first-order chi connectivity index (χ1) is 8.75. The number of hydrogen-bond donors (Lipinski definition) is 2. The van der Waals surface area contributed by atoms with E-state index in [4.69, 9.17) is 5.11 Å². The molecule has 0 bridgehead atoms. The van der Waals surface area contributed by atoms with E-state index in [1.54, 1.807) is 20.8 Å². The Morgan fingerprint density at radius 3 is 2.32 bits per heavy atom. The first-order valence-electron chi connectivity index (χ1n) is 6.32. The molecular weight excluding hydrogens is 246 g/mol. The van der Waals surface area contributed by atoms with E-state index in [-0.39, 0.29) is 11.5 Å². The normalized spacial score (nSPS) is 12.5. The summed E-state index contributed by atoms with van der Waals surface area (Å²) in [7, 11) is 0. The van der Waals surface area contributed by atoms with Gasteiger partial charge in [0.1, 0.15) is 11.6 Å². The van der Waals surface area contributed by atoms with Crippen LogP contribution >= 0.6 is 0 Å². The quantitative estimate of drug-likeness (QED) is 0.847. The molecule has 2 N–H and O–H groups in total. The van der Waals surface area contributed by atoms with Crippen LogP contribution in [0.15, 0.2) is 0 Å². The highest BCUT2D eigenvalue weighted by atomic mass is 16.4. The van der Waals surface area contributed by atoms with Gasteiger partial charge in [0, 0.05) is 6.54 Å². The fourth-order valence-corrected chi connectivity index (χ4v) is 1.91. The highest BCUT2D eigenvalue weighted by molar-refractivity contribution is 5.90. The van der Waals surface area contributed by atoms with Crippen LogP contribution in [-0.4, -0.2) is 33.3 Å². The second-order valence-electron chi connectivity index (χ2n) is 5.11. The van der Waals surface area contributed by atoms with Gasteiger partial charge in [0.2, 0.25) is 5.91 Å². The Morgan fingerprint density at radius 1 is 1.32 bits per heavy atom. The van der Waals surface area contributed by atoms with E-state index in [0.29, 0.717) is 23.9 Å². The lowest BCUT2D eigenvalue weighted by atomic mass is 10.2. The first kappa shape index (κ1) is 15.2. The minimum absolute atomic E-state index is 0.156. The molecule has 1 heterocycles. The minimum atomic E-state index is -1.02. The van der Waals surface area contributed by atoms with E-state index in [1.807, 2.05) is 13.8 Å². The molecular formula is C13H21N3O3. The number of hydrogen-bond acceptors (Lipinski definition) is 3. The second kappa shape index (κ2) is 5.86. The molecule has 0 aliphatic rings. The first-order valence-corrected chi connectivity index (χ1v) is 6.32. The monoisotopic (exact) mass is 267 g/mol. The van der Waals surface area contributed by atoms with Crippen LogP contribution in [0.2, 0.25) is 0 Å². The van der Waals surface area contributed by atoms with Gasteiger partial charge < -0.3 is 10.4 Å². The lowest BCUT2D eigenvalue weighted by molar-refractivity contribution is -0.124. The van der Waals surface area contributed by atoms with E-state index in [0.717, 1.165) is 0 Å². The summed E-state index contributed by atoms with van der Waals surface area (Å²) in [6, 6.07) is -0.523. The molecule has 0 saturated heterocycles. The number of aryl methyl sites for hydroxylation is 1. The molecule has 106 valence electrons. The van der Waals surface area contributed by atoms with Crippen molar-refractivity contribution in [2.75, 3.05) is 6.54 Å². The molecule has 0 spiro atoms. The van der Waals surface area contributed by atoms with E-state index < -0.39 is 12.0 Å². The smallest absolute Gasteiger partial charge is 0.339 e. The van der Waals surface area contributed by atoms with Crippen molar-refractivity contribution in [3.8, 4) is 0 Å². The Bertz CT molecular complexity index is 492. The van der Waals surface area contributed by atoms with Gasteiger partial charge in [0.25, 0.3) is 0 Å². The number of aromatic carboxylic acids is 1. The van der Waals surface area contributed by atoms with Crippen molar-refractivity contribution in [2.45, 2.75) is 40.7 Å². The van der Waals surface area contributed by atoms with E-state index >= 15 is 0 Å². The number of carboxylic acids is 1. The van der Waals surface area contributed by atoms with Gasteiger partial charge in [-0.05, 0) is 26.7 Å². The van der Waals surface area contributed by atoms with Crippen LogP contribution in [0.25, 0.3) is 0 Å². The summed E-state index contributed by atoms with van der Waals surface area (Å²) in [5.74, 6) is -0.807. The number of nitrogens with one attached hydrogen (secondary N) is 1. The Morgan fingerprint density at radius 2 is 1.89 bits per heavy atom. The van der Waals surface area contributed by atoms with Gasteiger partial charge in [-0.1, -0.05) is 13.8 Å². The van der Waals surface area contributed by atoms with Gasteiger partial charge in [-0.2, -0.15) is 5.10 Å². The SMILES string of the molecule is Cc1nn(C(C)C(=O)NCC(C)C)c(C)c1C(=O)O.